The molecule has 1 saturated heterocycles. The van der Waals surface area contributed by atoms with Crippen molar-refractivity contribution in [3.05, 3.63) is 18.2 Å². The Morgan fingerprint density at radius 2 is 1.89 bits per heavy atom. The van der Waals surface area contributed by atoms with Crippen LogP contribution in [-0.4, -0.2) is 65.6 Å². The van der Waals surface area contributed by atoms with E-state index in [4.69, 9.17) is 14.2 Å². The standard InChI is InChI=1S/C20H34N4O3.HI/c1-5-21-20(22-9-7-11-27-6-2)23-16-8-10-24(15-16)17-12-18(25-3)14-19(13-17)26-4;/h12-14,16H,5-11,15H2,1-4H3,(H2,21,22,23);1H. The zero-order chi connectivity index (χ0) is 19.5. The van der Waals surface area contributed by atoms with Gasteiger partial charge in [-0.2, -0.15) is 0 Å². The fourth-order valence-electron chi connectivity index (χ4n) is 3.10. The zero-order valence-corrected chi connectivity index (χ0v) is 19.8. The Bertz CT molecular complexity index is 579. The smallest absolute Gasteiger partial charge is 0.191 e. The molecule has 0 amide bonds. The molecule has 7 nitrogen and oxygen atoms in total. The van der Waals surface area contributed by atoms with Gasteiger partial charge in [0, 0.05) is 69.3 Å². The van der Waals surface area contributed by atoms with Gasteiger partial charge in [-0.25, -0.2) is 0 Å². The first-order valence-electron chi connectivity index (χ1n) is 9.80. The number of anilines is 1. The lowest BCUT2D eigenvalue weighted by Gasteiger charge is -2.21. The quantitative estimate of drug-likeness (QED) is 0.220. The summed E-state index contributed by atoms with van der Waals surface area (Å²) in [4.78, 5) is 7.01. The SMILES string of the molecule is CCNC(=NCCCOCC)NC1CCN(c2cc(OC)cc(OC)c2)C1.I. The van der Waals surface area contributed by atoms with Crippen LogP contribution in [0.1, 0.15) is 26.7 Å². The Morgan fingerprint density at radius 1 is 1.18 bits per heavy atom. The van der Waals surface area contributed by atoms with Crippen molar-refractivity contribution in [2.45, 2.75) is 32.7 Å². The third-order valence-electron chi connectivity index (χ3n) is 4.50. The van der Waals surface area contributed by atoms with Crippen LogP contribution in [0.3, 0.4) is 0 Å². The molecule has 8 heteroatoms. The third-order valence-corrected chi connectivity index (χ3v) is 4.50. The highest BCUT2D eigenvalue weighted by Crippen LogP contribution is 2.30. The van der Waals surface area contributed by atoms with E-state index in [0.29, 0.717) is 6.04 Å². The summed E-state index contributed by atoms with van der Waals surface area (Å²) in [5.74, 6) is 2.50. The van der Waals surface area contributed by atoms with Crippen molar-refractivity contribution in [2.75, 3.05) is 58.5 Å². The average molecular weight is 506 g/mol. The van der Waals surface area contributed by atoms with Crippen LogP contribution < -0.4 is 25.0 Å². The fraction of sp³-hybridized carbons (Fsp3) is 0.650. The summed E-state index contributed by atoms with van der Waals surface area (Å²) in [6.07, 6.45) is 1.99. The van der Waals surface area contributed by atoms with Crippen LogP contribution in [0.2, 0.25) is 0 Å². The number of benzene rings is 1. The van der Waals surface area contributed by atoms with Crippen LogP contribution in [-0.2, 0) is 4.74 Å². The van der Waals surface area contributed by atoms with Gasteiger partial charge in [0.05, 0.1) is 14.2 Å². The minimum atomic E-state index is 0. The first kappa shape index (κ1) is 24.6. The molecule has 2 rings (SSSR count). The highest BCUT2D eigenvalue weighted by molar-refractivity contribution is 14.0. The first-order chi connectivity index (χ1) is 13.2. The van der Waals surface area contributed by atoms with Gasteiger partial charge in [-0.15, -0.1) is 24.0 Å². The van der Waals surface area contributed by atoms with Crippen LogP contribution in [0.25, 0.3) is 0 Å². The minimum absolute atomic E-state index is 0. The molecule has 0 radical (unpaired) electrons. The number of halogens is 1. The van der Waals surface area contributed by atoms with Gasteiger partial charge in [-0.3, -0.25) is 4.99 Å². The van der Waals surface area contributed by atoms with E-state index in [9.17, 15) is 0 Å². The van der Waals surface area contributed by atoms with E-state index < -0.39 is 0 Å². The molecule has 0 saturated carbocycles. The van der Waals surface area contributed by atoms with Crippen molar-refractivity contribution in [1.82, 2.24) is 10.6 Å². The topological polar surface area (TPSA) is 67.4 Å². The summed E-state index contributed by atoms with van der Waals surface area (Å²) in [6.45, 7) is 9.12. The molecule has 1 aromatic rings. The number of nitrogens with one attached hydrogen (secondary N) is 2. The molecule has 160 valence electrons. The molecule has 28 heavy (non-hydrogen) atoms. The first-order valence-corrected chi connectivity index (χ1v) is 9.80. The number of guanidine groups is 1. The van der Waals surface area contributed by atoms with E-state index in [1.54, 1.807) is 14.2 Å². The lowest BCUT2D eigenvalue weighted by Crippen LogP contribution is -2.44. The number of hydrogen-bond donors (Lipinski definition) is 2. The van der Waals surface area contributed by atoms with Gasteiger partial charge in [0.15, 0.2) is 5.96 Å². The lowest BCUT2D eigenvalue weighted by atomic mass is 10.2. The van der Waals surface area contributed by atoms with Crippen LogP contribution in [0.4, 0.5) is 5.69 Å². The van der Waals surface area contributed by atoms with Crippen molar-refractivity contribution in [2.24, 2.45) is 4.99 Å². The molecule has 0 spiro atoms. The van der Waals surface area contributed by atoms with Gasteiger partial charge in [-0.05, 0) is 26.7 Å². The van der Waals surface area contributed by atoms with Crippen molar-refractivity contribution >= 4 is 35.6 Å². The monoisotopic (exact) mass is 506 g/mol. The summed E-state index contributed by atoms with van der Waals surface area (Å²) >= 11 is 0. The normalized spacial score (nSPS) is 16.5. The van der Waals surface area contributed by atoms with Gasteiger partial charge in [-0.1, -0.05) is 0 Å². The van der Waals surface area contributed by atoms with E-state index in [2.05, 4.69) is 39.6 Å². The van der Waals surface area contributed by atoms with Crippen LogP contribution in [0.15, 0.2) is 23.2 Å². The van der Waals surface area contributed by atoms with E-state index in [-0.39, 0.29) is 24.0 Å². The van der Waals surface area contributed by atoms with Gasteiger partial charge in [0.2, 0.25) is 0 Å². The van der Waals surface area contributed by atoms with Crippen LogP contribution >= 0.6 is 24.0 Å². The second-order valence-corrected chi connectivity index (χ2v) is 6.46. The molecule has 1 fully saturated rings. The van der Waals surface area contributed by atoms with Crippen LogP contribution in [0.5, 0.6) is 11.5 Å². The second-order valence-electron chi connectivity index (χ2n) is 6.46. The largest absolute Gasteiger partial charge is 0.497 e. The summed E-state index contributed by atoms with van der Waals surface area (Å²) in [6, 6.07) is 6.36. The van der Waals surface area contributed by atoms with Crippen molar-refractivity contribution < 1.29 is 14.2 Å². The summed E-state index contributed by atoms with van der Waals surface area (Å²) in [5.41, 5.74) is 1.12. The van der Waals surface area contributed by atoms with Gasteiger partial charge in [0.25, 0.3) is 0 Å². The van der Waals surface area contributed by atoms with Gasteiger partial charge in [0.1, 0.15) is 11.5 Å². The number of methoxy groups -OCH3 is 2. The molecule has 1 unspecified atom stereocenters. The van der Waals surface area contributed by atoms with E-state index in [1.165, 1.54) is 0 Å². The highest BCUT2D eigenvalue weighted by atomic mass is 127. The number of nitrogens with zero attached hydrogens (tertiary/aromatic N) is 2. The molecule has 2 N–H and O–H groups in total. The maximum atomic E-state index is 5.39. The molecule has 0 bridgehead atoms. The lowest BCUT2D eigenvalue weighted by molar-refractivity contribution is 0.146. The van der Waals surface area contributed by atoms with E-state index in [0.717, 1.165) is 75.4 Å². The Morgan fingerprint density at radius 3 is 2.50 bits per heavy atom. The Balaban J connectivity index is 0.00000392. The Hall–Kier alpha value is -1.42. The molecule has 1 heterocycles. The average Bonchev–Trinajstić information content (AvgIpc) is 3.16. The Kier molecular flexibility index (Phi) is 12.1. The maximum absolute atomic E-state index is 5.39. The molecule has 0 aromatic heterocycles. The summed E-state index contributed by atoms with van der Waals surface area (Å²) < 4.78 is 16.2. The van der Waals surface area contributed by atoms with Crippen molar-refractivity contribution in [3.63, 3.8) is 0 Å². The molecule has 1 atom stereocenters. The highest BCUT2D eigenvalue weighted by Gasteiger charge is 2.24. The maximum Gasteiger partial charge on any atom is 0.191 e. The van der Waals surface area contributed by atoms with Crippen LogP contribution in [0, 0.1) is 0 Å². The molecule has 1 aromatic carbocycles. The summed E-state index contributed by atoms with van der Waals surface area (Å²) in [7, 11) is 3.36. The number of ether oxygens (including phenoxy) is 3. The predicted molar refractivity (Wildman–Crippen MR) is 126 cm³/mol. The Labute approximate surface area is 186 Å². The van der Waals surface area contributed by atoms with Gasteiger partial charge < -0.3 is 29.7 Å². The van der Waals surface area contributed by atoms with Gasteiger partial charge >= 0.3 is 0 Å². The zero-order valence-electron chi connectivity index (χ0n) is 17.5. The van der Waals surface area contributed by atoms with Crippen molar-refractivity contribution in [3.8, 4) is 11.5 Å². The second kappa shape index (κ2) is 13.7. The molecule has 1 aliphatic heterocycles. The molecular weight excluding hydrogens is 471 g/mol. The summed E-state index contributed by atoms with van der Waals surface area (Å²) in [5, 5.41) is 6.89. The number of hydrogen-bond acceptors (Lipinski definition) is 5. The molecule has 0 aliphatic carbocycles. The minimum Gasteiger partial charge on any atom is -0.497 e. The molecular formula is C20H35IN4O3. The molecule has 1 aliphatic rings. The third kappa shape index (κ3) is 7.90. The van der Waals surface area contributed by atoms with E-state index in [1.807, 2.05) is 13.0 Å². The predicted octanol–water partition coefficient (Wildman–Crippen LogP) is 2.88. The number of aliphatic imine (C=N–C) groups is 1. The van der Waals surface area contributed by atoms with E-state index >= 15 is 0 Å². The number of rotatable bonds is 10. The fourth-order valence-corrected chi connectivity index (χ4v) is 3.10. The van der Waals surface area contributed by atoms with Crippen molar-refractivity contribution in [1.29, 1.82) is 0 Å².